The number of benzene rings is 1. The maximum absolute atomic E-state index is 12.6. The molecule has 2 aliphatic rings. The van der Waals surface area contributed by atoms with Gasteiger partial charge in [-0.2, -0.15) is 0 Å². The predicted molar refractivity (Wildman–Crippen MR) is 47.0 cm³/mol. The van der Waals surface area contributed by atoms with E-state index in [1.165, 1.54) is 5.56 Å². The Kier molecular flexibility index (Phi) is 1.47. The molecule has 0 amide bonds. The lowest BCUT2D eigenvalue weighted by molar-refractivity contribution is 0.304. The molecule has 68 valence electrons. The number of epoxide rings is 1. The van der Waals surface area contributed by atoms with E-state index in [-0.39, 0.29) is 5.82 Å². The van der Waals surface area contributed by atoms with Crippen molar-refractivity contribution in [3.05, 3.63) is 35.6 Å². The van der Waals surface area contributed by atoms with E-state index >= 15 is 0 Å². The topological polar surface area (TPSA) is 12.5 Å². The van der Waals surface area contributed by atoms with E-state index in [1.54, 1.807) is 12.1 Å². The van der Waals surface area contributed by atoms with E-state index in [0.29, 0.717) is 18.1 Å². The molecule has 1 heterocycles. The van der Waals surface area contributed by atoms with Gasteiger partial charge in [-0.25, -0.2) is 4.39 Å². The van der Waals surface area contributed by atoms with Crippen molar-refractivity contribution in [3.8, 4) is 0 Å². The zero-order valence-electron chi connectivity index (χ0n) is 7.24. The average molecular weight is 178 g/mol. The normalized spacial score (nSPS) is 35.9. The molecule has 1 aromatic carbocycles. The number of rotatable bonds is 1. The quantitative estimate of drug-likeness (QED) is 0.602. The van der Waals surface area contributed by atoms with Crippen molar-refractivity contribution in [3.63, 3.8) is 0 Å². The van der Waals surface area contributed by atoms with Crippen LogP contribution in [0.5, 0.6) is 0 Å². The van der Waals surface area contributed by atoms with Gasteiger partial charge in [0.1, 0.15) is 5.82 Å². The highest BCUT2D eigenvalue weighted by Crippen LogP contribution is 2.46. The Morgan fingerprint density at radius 1 is 1.08 bits per heavy atom. The van der Waals surface area contributed by atoms with Crippen LogP contribution in [0.15, 0.2) is 24.3 Å². The van der Waals surface area contributed by atoms with Crippen molar-refractivity contribution in [1.29, 1.82) is 0 Å². The van der Waals surface area contributed by atoms with E-state index in [0.717, 1.165) is 12.8 Å². The van der Waals surface area contributed by atoms with Crippen LogP contribution in [0.25, 0.3) is 0 Å². The summed E-state index contributed by atoms with van der Waals surface area (Å²) in [5.41, 5.74) is 1.26. The lowest BCUT2D eigenvalue weighted by Crippen LogP contribution is -1.97. The number of fused-ring (bicyclic) bond motifs is 1. The first-order chi connectivity index (χ1) is 6.33. The van der Waals surface area contributed by atoms with Gasteiger partial charge in [0.2, 0.25) is 0 Å². The molecule has 0 bridgehead atoms. The van der Waals surface area contributed by atoms with E-state index in [1.807, 2.05) is 12.1 Å². The third-order valence-electron chi connectivity index (χ3n) is 3.06. The molecular weight excluding hydrogens is 167 g/mol. The van der Waals surface area contributed by atoms with Gasteiger partial charge >= 0.3 is 0 Å². The van der Waals surface area contributed by atoms with Crippen molar-refractivity contribution in [2.45, 2.75) is 31.0 Å². The summed E-state index contributed by atoms with van der Waals surface area (Å²) in [6.45, 7) is 0. The first-order valence-corrected chi connectivity index (χ1v) is 4.74. The minimum Gasteiger partial charge on any atom is -0.370 e. The molecular formula is C11H11FO. The Morgan fingerprint density at radius 3 is 2.31 bits per heavy atom. The SMILES string of the molecule is Fc1ccc(C2CC3OC3C2)cc1. The molecule has 1 saturated carbocycles. The summed E-state index contributed by atoms with van der Waals surface area (Å²) >= 11 is 0. The Labute approximate surface area is 76.5 Å². The molecule has 0 radical (unpaired) electrons. The van der Waals surface area contributed by atoms with Crippen LogP contribution in [0.1, 0.15) is 24.3 Å². The van der Waals surface area contributed by atoms with E-state index < -0.39 is 0 Å². The first-order valence-electron chi connectivity index (χ1n) is 4.74. The maximum atomic E-state index is 12.6. The molecule has 3 rings (SSSR count). The zero-order chi connectivity index (χ0) is 8.84. The fourth-order valence-electron chi connectivity index (χ4n) is 2.26. The van der Waals surface area contributed by atoms with Gasteiger partial charge in [-0.15, -0.1) is 0 Å². The first kappa shape index (κ1) is 7.51. The Balaban J connectivity index is 1.81. The van der Waals surface area contributed by atoms with Crippen LogP contribution in [0, 0.1) is 5.82 Å². The van der Waals surface area contributed by atoms with Gasteiger partial charge in [-0.1, -0.05) is 12.1 Å². The van der Waals surface area contributed by atoms with Gasteiger partial charge in [0, 0.05) is 0 Å². The minimum absolute atomic E-state index is 0.150. The van der Waals surface area contributed by atoms with Crippen molar-refractivity contribution in [2.75, 3.05) is 0 Å². The average Bonchev–Trinajstić information content (AvgIpc) is 2.75. The monoisotopic (exact) mass is 178 g/mol. The van der Waals surface area contributed by atoms with Crippen LogP contribution < -0.4 is 0 Å². The highest BCUT2D eigenvalue weighted by Gasteiger charge is 2.48. The lowest BCUT2D eigenvalue weighted by atomic mass is 9.97. The fourth-order valence-corrected chi connectivity index (χ4v) is 2.26. The molecule has 2 atom stereocenters. The molecule has 1 aliphatic carbocycles. The molecule has 1 saturated heterocycles. The smallest absolute Gasteiger partial charge is 0.123 e. The molecule has 1 aliphatic heterocycles. The van der Waals surface area contributed by atoms with Crippen LogP contribution in [-0.2, 0) is 4.74 Å². The molecule has 13 heavy (non-hydrogen) atoms. The molecule has 0 N–H and O–H groups in total. The van der Waals surface area contributed by atoms with Crippen molar-refractivity contribution < 1.29 is 9.13 Å². The molecule has 2 unspecified atom stereocenters. The van der Waals surface area contributed by atoms with E-state index in [4.69, 9.17) is 4.74 Å². The summed E-state index contributed by atoms with van der Waals surface area (Å²) in [6.07, 6.45) is 3.26. The predicted octanol–water partition coefficient (Wildman–Crippen LogP) is 2.47. The Hall–Kier alpha value is -0.890. The lowest BCUT2D eigenvalue weighted by Gasteiger charge is -2.10. The number of hydrogen-bond donors (Lipinski definition) is 0. The third kappa shape index (κ3) is 1.25. The van der Waals surface area contributed by atoms with Gasteiger partial charge in [-0.05, 0) is 36.5 Å². The zero-order valence-corrected chi connectivity index (χ0v) is 7.24. The molecule has 1 aromatic rings. The van der Waals surface area contributed by atoms with Crippen LogP contribution in [0.2, 0.25) is 0 Å². The van der Waals surface area contributed by atoms with Gasteiger partial charge in [0.05, 0.1) is 12.2 Å². The second-order valence-corrected chi connectivity index (χ2v) is 3.93. The third-order valence-corrected chi connectivity index (χ3v) is 3.06. The minimum atomic E-state index is -0.150. The number of halogens is 1. The van der Waals surface area contributed by atoms with Crippen molar-refractivity contribution in [2.24, 2.45) is 0 Å². The van der Waals surface area contributed by atoms with Gasteiger partial charge in [0.15, 0.2) is 0 Å². The summed E-state index contributed by atoms with van der Waals surface area (Å²) in [6, 6.07) is 6.87. The van der Waals surface area contributed by atoms with Crippen LogP contribution >= 0.6 is 0 Å². The maximum Gasteiger partial charge on any atom is 0.123 e. The van der Waals surface area contributed by atoms with E-state index in [9.17, 15) is 4.39 Å². The van der Waals surface area contributed by atoms with Gasteiger partial charge < -0.3 is 4.74 Å². The second-order valence-electron chi connectivity index (χ2n) is 3.93. The van der Waals surface area contributed by atoms with Gasteiger partial charge in [-0.3, -0.25) is 0 Å². The summed E-state index contributed by atoms with van der Waals surface area (Å²) < 4.78 is 18.0. The summed E-state index contributed by atoms with van der Waals surface area (Å²) in [5, 5.41) is 0. The molecule has 0 spiro atoms. The molecule has 2 heteroatoms. The van der Waals surface area contributed by atoms with Crippen molar-refractivity contribution in [1.82, 2.24) is 0 Å². The van der Waals surface area contributed by atoms with Crippen LogP contribution in [0.4, 0.5) is 4.39 Å². The number of hydrogen-bond acceptors (Lipinski definition) is 1. The van der Waals surface area contributed by atoms with Crippen molar-refractivity contribution >= 4 is 0 Å². The Morgan fingerprint density at radius 2 is 1.69 bits per heavy atom. The van der Waals surface area contributed by atoms with E-state index in [2.05, 4.69) is 0 Å². The number of ether oxygens (including phenoxy) is 1. The summed E-state index contributed by atoms with van der Waals surface area (Å²) in [5.74, 6) is 0.451. The largest absolute Gasteiger partial charge is 0.370 e. The second kappa shape index (κ2) is 2.55. The van der Waals surface area contributed by atoms with Crippen LogP contribution in [0.3, 0.4) is 0 Å². The van der Waals surface area contributed by atoms with Crippen LogP contribution in [-0.4, -0.2) is 12.2 Å². The standard InChI is InChI=1S/C11H11FO/c12-9-3-1-7(2-4-9)8-5-10-11(6-8)13-10/h1-4,8,10-11H,5-6H2. The molecule has 2 fully saturated rings. The molecule has 1 nitrogen and oxygen atoms in total. The summed E-state index contributed by atoms with van der Waals surface area (Å²) in [7, 11) is 0. The molecule has 0 aromatic heterocycles. The fraction of sp³-hybridized carbons (Fsp3) is 0.455. The highest BCUT2D eigenvalue weighted by molar-refractivity contribution is 5.23. The van der Waals surface area contributed by atoms with Gasteiger partial charge in [0.25, 0.3) is 0 Å². The highest BCUT2D eigenvalue weighted by atomic mass is 19.1. The summed E-state index contributed by atoms with van der Waals surface area (Å²) in [4.78, 5) is 0. The Bertz CT molecular complexity index is 309.